The molecule has 0 amide bonds. The molecule has 2 N–H and O–H groups in total. The van der Waals surface area contributed by atoms with Gasteiger partial charge in [-0.25, -0.2) is 4.39 Å². The van der Waals surface area contributed by atoms with Crippen molar-refractivity contribution in [1.29, 1.82) is 0 Å². The van der Waals surface area contributed by atoms with E-state index in [1.165, 1.54) is 28.8 Å². The van der Waals surface area contributed by atoms with E-state index < -0.39 is 0 Å². The average molecular weight is 292 g/mol. The summed E-state index contributed by atoms with van der Waals surface area (Å²) in [7, 11) is 0. The maximum Gasteiger partial charge on any atom is 0.124 e. The van der Waals surface area contributed by atoms with Gasteiger partial charge in [0.15, 0.2) is 0 Å². The number of hydrogen-bond donors (Lipinski definition) is 1. The quantitative estimate of drug-likeness (QED) is 0.875. The Morgan fingerprint density at radius 3 is 2.25 bits per heavy atom. The number of halogens is 2. The summed E-state index contributed by atoms with van der Waals surface area (Å²) < 4.78 is 13.1. The number of hydrogen-bond acceptors (Lipinski definition) is 1. The summed E-state index contributed by atoms with van der Waals surface area (Å²) in [5.41, 5.74) is 12.0. The van der Waals surface area contributed by atoms with Gasteiger partial charge in [-0.2, -0.15) is 0 Å². The van der Waals surface area contributed by atoms with Crippen LogP contribution in [0.15, 0.2) is 30.3 Å². The lowest BCUT2D eigenvalue weighted by atomic mass is 9.91. The molecule has 1 unspecified atom stereocenters. The topological polar surface area (TPSA) is 26.0 Å². The summed E-state index contributed by atoms with van der Waals surface area (Å²) in [5, 5.41) is 0.433. The van der Waals surface area contributed by atoms with Gasteiger partial charge in [0.25, 0.3) is 0 Å². The Bertz CT molecular complexity index is 614. The normalized spacial score (nSPS) is 12.5. The molecular formula is C17H19ClFN. The minimum Gasteiger partial charge on any atom is -0.324 e. The third-order valence-electron chi connectivity index (χ3n) is 3.56. The van der Waals surface area contributed by atoms with Crippen LogP contribution in [-0.4, -0.2) is 0 Å². The molecule has 0 radical (unpaired) electrons. The zero-order valence-electron chi connectivity index (χ0n) is 12.0. The highest BCUT2D eigenvalue weighted by Gasteiger charge is 2.15. The molecular weight excluding hydrogens is 273 g/mol. The van der Waals surface area contributed by atoms with Gasteiger partial charge in [-0.15, -0.1) is 0 Å². The highest BCUT2D eigenvalue weighted by Crippen LogP contribution is 2.27. The molecule has 2 aromatic rings. The molecule has 0 fully saturated rings. The molecule has 0 heterocycles. The van der Waals surface area contributed by atoms with Gasteiger partial charge in [0.2, 0.25) is 0 Å². The van der Waals surface area contributed by atoms with Crippen LogP contribution in [-0.2, 0) is 6.42 Å². The van der Waals surface area contributed by atoms with Crippen molar-refractivity contribution in [3.63, 3.8) is 0 Å². The Balaban J connectivity index is 2.31. The summed E-state index contributed by atoms with van der Waals surface area (Å²) >= 11 is 6.07. The zero-order valence-corrected chi connectivity index (χ0v) is 12.8. The van der Waals surface area contributed by atoms with E-state index in [-0.39, 0.29) is 11.9 Å². The van der Waals surface area contributed by atoms with E-state index in [2.05, 4.69) is 32.9 Å². The van der Waals surface area contributed by atoms with Crippen molar-refractivity contribution in [1.82, 2.24) is 0 Å². The maximum absolute atomic E-state index is 13.1. The first-order chi connectivity index (χ1) is 9.38. The predicted octanol–water partition coefficient (Wildman–Crippen LogP) is 4.65. The van der Waals surface area contributed by atoms with Crippen molar-refractivity contribution >= 4 is 11.6 Å². The number of nitrogens with two attached hydrogens (primary N) is 1. The first-order valence-corrected chi connectivity index (χ1v) is 7.03. The first kappa shape index (κ1) is 15.0. The molecule has 0 spiro atoms. The molecule has 0 aliphatic heterocycles. The van der Waals surface area contributed by atoms with Gasteiger partial charge in [-0.3, -0.25) is 0 Å². The molecule has 0 saturated carbocycles. The van der Waals surface area contributed by atoms with Crippen molar-refractivity contribution in [2.45, 2.75) is 33.2 Å². The molecule has 0 saturated heterocycles. The molecule has 0 bridgehead atoms. The Morgan fingerprint density at radius 1 is 1.10 bits per heavy atom. The van der Waals surface area contributed by atoms with Crippen LogP contribution in [0.3, 0.4) is 0 Å². The predicted molar refractivity (Wildman–Crippen MR) is 82.7 cm³/mol. The van der Waals surface area contributed by atoms with Crippen LogP contribution in [0, 0.1) is 26.6 Å². The fourth-order valence-electron chi connectivity index (χ4n) is 2.80. The van der Waals surface area contributed by atoms with Crippen molar-refractivity contribution in [2.75, 3.05) is 0 Å². The Morgan fingerprint density at radius 2 is 1.70 bits per heavy atom. The van der Waals surface area contributed by atoms with Crippen LogP contribution < -0.4 is 5.73 Å². The van der Waals surface area contributed by atoms with E-state index in [0.717, 1.165) is 11.1 Å². The minimum atomic E-state index is -0.324. The van der Waals surface area contributed by atoms with Gasteiger partial charge in [-0.05, 0) is 61.6 Å². The fraction of sp³-hybridized carbons (Fsp3) is 0.294. The number of benzene rings is 2. The van der Waals surface area contributed by atoms with Crippen LogP contribution in [0.25, 0.3) is 0 Å². The average Bonchev–Trinajstić information content (AvgIpc) is 2.31. The Kier molecular flexibility index (Phi) is 4.46. The molecule has 20 heavy (non-hydrogen) atoms. The van der Waals surface area contributed by atoms with Crippen LogP contribution >= 0.6 is 11.6 Å². The van der Waals surface area contributed by atoms with Gasteiger partial charge in [0.1, 0.15) is 5.82 Å². The second kappa shape index (κ2) is 5.94. The van der Waals surface area contributed by atoms with Crippen LogP contribution in [0.2, 0.25) is 5.02 Å². The van der Waals surface area contributed by atoms with E-state index >= 15 is 0 Å². The second-order valence-corrected chi connectivity index (χ2v) is 5.77. The van der Waals surface area contributed by atoms with Crippen LogP contribution in [0.4, 0.5) is 4.39 Å². The van der Waals surface area contributed by atoms with Gasteiger partial charge >= 0.3 is 0 Å². The molecule has 106 valence electrons. The standard InChI is InChI=1S/C17H19ClFN/c1-10-6-11(2)17(12(3)7-10)16(20)8-13-4-5-14(19)9-15(13)18/h4-7,9,16H,8,20H2,1-3H3. The lowest BCUT2D eigenvalue weighted by Gasteiger charge is -2.19. The minimum absolute atomic E-state index is 0.140. The van der Waals surface area contributed by atoms with Crippen molar-refractivity contribution in [3.05, 3.63) is 69.0 Å². The summed E-state index contributed by atoms with van der Waals surface area (Å²) in [6.45, 7) is 6.22. The van der Waals surface area contributed by atoms with Crippen molar-refractivity contribution < 1.29 is 4.39 Å². The third-order valence-corrected chi connectivity index (χ3v) is 3.92. The van der Waals surface area contributed by atoms with Gasteiger partial charge in [0, 0.05) is 11.1 Å². The SMILES string of the molecule is Cc1cc(C)c(C(N)Cc2ccc(F)cc2Cl)c(C)c1. The summed E-state index contributed by atoms with van der Waals surface area (Å²) in [6, 6.07) is 8.58. The van der Waals surface area contributed by atoms with E-state index in [4.69, 9.17) is 17.3 Å². The molecule has 3 heteroatoms. The van der Waals surface area contributed by atoms with Gasteiger partial charge in [0.05, 0.1) is 0 Å². The molecule has 1 atom stereocenters. The molecule has 1 nitrogen and oxygen atoms in total. The summed E-state index contributed by atoms with van der Waals surface area (Å²) in [6.07, 6.45) is 0.601. The van der Waals surface area contributed by atoms with Crippen molar-refractivity contribution in [3.8, 4) is 0 Å². The van der Waals surface area contributed by atoms with E-state index in [1.807, 2.05) is 0 Å². The molecule has 2 rings (SSSR count). The Labute approximate surface area is 124 Å². The summed E-state index contributed by atoms with van der Waals surface area (Å²) in [5.74, 6) is -0.324. The fourth-order valence-corrected chi connectivity index (χ4v) is 3.05. The molecule has 0 aliphatic rings. The molecule has 0 aliphatic carbocycles. The number of aryl methyl sites for hydroxylation is 3. The summed E-state index contributed by atoms with van der Waals surface area (Å²) in [4.78, 5) is 0. The lowest BCUT2D eigenvalue weighted by molar-refractivity contribution is 0.625. The highest BCUT2D eigenvalue weighted by molar-refractivity contribution is 6.31. The molecule has 2 aromatic carbocycles. The third kappa shape index (κ3) is 3.20. The monoisotopic (exact) mass is 291 g/mol. The lowest BCUT2D eigenvalue weighted by Crippen LogP contribution is -2.16. The molecule has 0 aromatic heterocycles. The van der Waals surface area contributed by atoms with Crippen molar-refractivity contribution in [2.24, 2.45) is 5.73 Å². The van der Waals surface area contributed by atoms with E-state index in [0.29, 0.717) is 11.4 Å². The van der Waals surface area contributed by atoms with Crippen LogP contribution in [0.1, 0.15) is 33.9 Å². The number of rotatable bonds is 3. The second-order valence-electron chi connectivity index (χ2n) is 5.36. The van der Waals surface area contributed by atoms with Crippen LogP contribution in [0.5, 0.6) is 0 Å². The van der Waals surface area contributed by atoms with E-state index in [1.54, 1.807) is 6.07 Å². The Hall–Kier alpha value is -1.38. The highest BCUT2D eigenvalue weighted by atomic mass is 35.5. The zero-order chi connectivity index (χ0) is 14.9. The van der Waals surface area contributed by atoms with Gasteiger partial charge < -0.3 is 5.73 Å². The maximum atomic E-state index is 13.1. The largest absolute Gasteiger partial charge is 0.324 e. The first-order valence-electron chi connectivity index (χ1n) is 6.65. The smallest absolute Gasteiger partial charge is 0.124 e. The van der Waals surface area contributed by atoms with E-state index in [9.17, 15) is 4.39 Å². The van der Waals surface area contributed by atoms with Gasteiger partial charge in [-0.1, -0.05) is 35.4 Å².